The third-order valence-electron chi connectivity index (χ3n) is 5.00. The van der Waals surface area contributed by atoms with Gasteiger partial charge >= 0.3 is 6.03 Å². The summed E-state index contributed by atoms with van der Waals surface area (Å²) in [5.74, 6) is -0.612. The molecule has 0 aromatic heterocycles. The Morgan fingerprint density at radius 1 is 1.21 bits per heavy atom. The van der Waals surface area contributed by atoms with Gasteiger partial charge < -0.3 is 15.5 Å². The molecule has 3 amide bonds. The molecule has 7 heteroatoms. The molecule has 1 aliphatic rings. The molecule has 1 atom stereocenters. The maximum Gasteiger partial charge on any atom is 0.321 e. The molecule has 28 heavy (non-hydrogen) atoms. The van der Waals surface area contributed by atoms with E-state index in [1.807, 2.05) is 37.3 Å². The lowest BCUT2D eigenvalue weighted by Crippen LogP contribution is -2.52. The first-order valence-corrected chi connectivity index (χ1v) is 9.58. The summed E-state index contributed by atoms with van der Waals surface area (Å²) in [6.07, 6.45) is 1.44. The molecule has 0 aliphatic carbocycles. The van der Waals surface area contributed by atoms with Gasteiger partial charge in [0.25, 0.3) is 0 Å². The van der Waals surface area contributed by atoms with Crippen LogP contribution in [0.3, 0.4) is 0 Å². The largest absolute Gasteiger partial charge is 0.351 e. The standard InChI is InChI=1S/C21H23ClFN3O2/c1-21(19(27)24-13-15-6-3-2-4-7-15)10-5-11-26(14-21)20(28)25-16-8-9-18(23)17(22)12-16/h2-4,6-9,12H,5,10-11,13-14H2,1H3,(H,24,27)(H,25,28)/t21-/m1/s1. The molecule has 0 unspecified atom stereocenters. The fourth-order valence-corrected chi connectivity index (χ4v) is 3.55. The van der Waals surface area contributed by atoms with Crippen LogP contribution in [-0.4, -0.2) is 29.9 Å². The van der Waals surface area contributed by atoms with Crippen LogP contribution in [0.25, 0.3) is 0 Å². The van der Waals surface area contributed by atoms with E-state index in [0.29, 0.717) is 31.7 Å². The topological polar surface area (TPSA) is 61.4 Å². The van der Waals surface area contributed by atoms with Gasteiger partial charge in [0, 0.05) is 25.3 Å². The summed E-state index contributed by atoms with van der Waals surface area (Å²) >= 11 is 5.76. The van der Waals surface area contributed by atoms with E-state index in [4.69, 9.17) is 11.6 Å². The summed E-state index contributed by atoms with van der Waals surface area (Å²) in [6, 6.07) is 13.4. The van der Waals surface area contributed by atoms with Crippen molar-refractivity contribution in [2.24, 2.45) is 5.41 Å². The Balaban J connectivity index is 1.60. The van der Waals surface area contributed by atoms with Gasteiger partial charge in [-0.3, -0.25) is 4.79 Å². The average Bonchev–Trinajstić information content (AvgIpc) is 2.69. The SMILES string of the molecule is C[C@@]1(C(=O)NCc2ccccc2)CCCN(C(=O)Nc2ccc(F)c(Cl)c2)C1. The highest BCUT2D eigenvalue weighted by atomic mass is 35.5. The monoisotopic (exact) mass is 403 g/mol. The highest BCUT2D eigenvalue weighted by Gasteiger charge is 2.39. The van der Waals surface area contributed by atoms with Crippen LogP contribution < -0.4 is 10.6 Å². The fourth-order valence-electron chi connectivity index (χ4n) is 3.37. The quantitative estimate of drug-likeness (QED) is 0.793. The minimum atomic E-state index is -0.662. The van der Waals surface area contributed by atoms with Crippen molar-refractivity contribution in [3.63, 3.8) is 0 Å². The van der Waals surface area contributed by atoms with Crippen molar-refractivity contribution in [1.29, 1.82) is 0 Å². The molecule has 2 N–H and O–H groups in total. The van der Waals surface area contributed by atoms with Gasteiger partial charge in [-0.1, -0.05) is 41.9 Å². The molecule has 1 heterocycles. The minimum Gasteiger partial charge on any atom is -0.351 e. The summed E-state index contributed by atoms with van der Waals surface area (Å²) in [4.78, 5) is 27.0. The molecule has 0 spiro atoms. The second-order valence-corrected chi connectivity index (χ2v) is 7.72. The van der Waals surface area contributed by atoms with Crippen molar-refractivity contribution in [1.82, 2.24) is 10.2 Å². The van der Waals surface area contributed by atoms with E-state index in [0.717, 1.165) is 12.0 Å². The van der Waals surface area contributed by atoms with Crippen molar-refractivity contribution in [3.05, 3.63) is 64.9 Å². The lowest BCUT2D eigenvalue weighted by molar-refractivity contribution is -0.132. The van der Waals surface area contributed by atoms with Gasteiger partial charge in [0.1, 0.15) is 5.82 Å². The van der Waals surface area contributed by atoms with Gasteiger partial charge in [-0.25, -0.2) is 9.18 Å². The van der Waals surface area contributed by atoms with Crippen molar-refractivity contribution in [2.75, 3.05) is 18.4 Å². The van der Waals surface area contributed by atoms with Crippen LogP contribution in [0.15, 0.2) is 48.5 Å². The Hall–Kier alpha value is -2.60. The molecule has 1 aliphatic heterocycles. The zero-order chi connectivity index (χ0) is 20.1. The van der Waals surface area contributed by atoms with Crippen LogP contribution in [-0.2, 0) is 11.3 Å². The number of rotatable bonds is 4. The normalized spacial score (nSPS) is 19.2. The maximum atomic E-state index is 13.3. The fraction of sp³-hybridized carbons (Fsp3) is 0.333. The van der Waals surface area contributed by atoms with E-state index in [1.54, 1.807) is 4.90 Å². The van der Waals surface area contributed by atoms with E-state index in [2.05, 4.69) is 10.6 Å². The van der Waals surface area contributed by atoms with Crippen molar-refractivity contribution >= 4 is 29.2 Å². The molecule has 1 saturated heterocycles. The molecule has 5 nitrogen and oxygen atoms in total. The third-order valence-corrected chi connectivity index (χ3v) is 5.29. The van der Waals surface area contributed by atoms with Crippen LogP contribution >= 0.6 is 11.6 Å². The van der Waals surface area contributed by atoms with Crippen molar-refractivity contribution in [2.45, 2.75) is 26.3 Å². The second-order valence-electron chi connectivity index (χ2n) is 7.31. The summed E-state index contributed by atoms with van der Waals surface area (Å²) < 4.78 is 13.3. The Morgan fingerprint density at radius 2 is 1.96 bits per heavy atom. The van der Waals surface area contributed by atoms with E-state index >= 15 is 0 Å². The average molecular weight is 404 g/mol. The van der Waals surface area contributed by atoms with Crippen LogP contribution in [0.5, 0.6) is 0 Å². The molecule has 0 radical (unpaired) electrons. The van der Waals surface area contributed by atoms with E-state index in [-0.39, 0.29) is 17.0 Å². The first-order chi connectivity index (χ1) is 13.4. The molecule has 148 valence electrons. The van der Waals surface area contributed by atoms with Gasteiger partial charge in [-0.05, 0) is 43.5 Å². The van der Waals surface area contributed by atoms with Gasteiger partial charge in [0.15, 0.2) is 0 Å². The number of hydrogen-bond donors (Lipinski definition) is 2. The Bertz CT molecular complexity index is 862. The van der Waals surface area contributed by atoms with Gasteiger partial charge in [0.05, 0.1) is 10.4 Å². The summed E-state index contributed by atoms with van der Waals surface area (Å²) in [7, 11) is 0. The summed E-state index contributed by atoms with van der Waals surface area (Å²) in [5.41, 5.74) is 0.778. The van der Waals surface area contributed by atoms with Crippen molar-refractivity contribution in [3.8, 4) is 0 Å². The molecule has 2 aromatic rings. The number of carbonyl (C=O) groups excluding carboxylic acids is 2. The summed E-state index contributed by atoms with van der Waals surface area (Å²) in [5, 5.41) is 5.64. The molecule has 0 bridgehead atoms. The molecule has 0 saturated carbocycles. The number of nitrogens with zero attached hydrogens (tertiary/aromatic N) is 1. The van der Waals surface area contributed by atoms with Crippen molar-refractivity contribution < 1.29 is 14.0 Å². The Labute approximate surface area is 168 Å². The smallest absolute Gasteiger partial charge is 0.321 e. The predicted molar refractivity (Wildman–Crippen MR) is 108 cm³/mol. The molecular formula is C21H23ClFN3O2. The van der Waals surface area contributed by atoms with E-state index in [1.165, 1.54) is 18.2 Å². The maximum absolute atomic E-state index is 13.3. The number of piperidine rings is 1. The van der Waals surface area contributed by atoms with Crippen LogP contribution in [0.2, 0.25) is 5.02 Å². The van der Waals surface area contributed by atoms with Gasteiger partial charge in [0.2, 0.25) is 5.91 Å². The highest BCUT2D eigenvalue weighted by Crippen LogP contribution is 2.30. The van der Waals surface area contributed by atoms with Crippen LogP contribution in [0.4, 0.5) is 14.9 Å². The zero-order valence-electron chi connectivity index (χ0n) is 15.7. The number of hydrogen-bond acceptors (Lipinski definition) is 2. The number of carbonyl (C=O) groups is 2. The zero-order valence-corrected chi connectivity index (χ0v) is 16.4. The number of urea groups is 1. The Morgan fingerprint density at radius 3 is 2.68 bits per heavy atom. The number of likely N-dealkylation sites (tertiary alicyclic amines) is 1. The number of benzene rings is 2. The van der Waals surface area contributed by atoms with Crippen LogP contribution in [0.1, 0.15) is 25.3 Å². The summed E-state index contributed by atoms with van der Waals surface area (Å²) in [6.45, 7) is 3.20. The lowest BCUT2D eigenvalue weighted by atomic mass is 9.81. The Kier molecular flexibility index (Phi) is 6.19. The van der Waals surface area contributed by atoms with E-state index < -0.39 is 11.2 Å². The molecule has 1 fully saturated rings. The third kappa shape index (κ3) is 4.81. The molecule has 3 rings (SSSR count). The first-order valence-electron chi connectivity index (χ1n) is 9.21. The number of halogens is 2. The minimum absolute atomic E-state index is 0.0541. The van der Waals surface area contributed by atoms with Gasteiger partial charge in [-0.2, -0.15) is 0 Å². The second kappa shape index (κ2) is 8.61. The number of amides is 3. The van der Waals surface area contributed by atoms with E-state index in [9.17, 15) is 14.0 Å². The molecular weight excluding hydrogens is 381 g/mol. The first kappa shape index (κ1) is 20.1. The highest BCUT2D eigenvalue weighted by molar-refractivity contribution is 6.31. The molecule has 2 aromatic carbocycles. The van der Waals surface area contributed by atoms with Crippen LogP contribution in [0, 0.1) is 11.2 Å². The van der Waals surface area contributed by atoms with Gasteiger partial charge in [-0.15, -0.1) is 0 Å². The lowest BCUT2D eigenvalue weighted by Gasteiger charge is -2.39. The number of nitrogens with one attached hydrogen (secondary N) is 2. The number of anilines is 1. The predicted octanol–water partition coefficient (Wildman–Crippen LogP) is 4.43.